The fourth-order valence-corrected chi connectivity index (χ4v) is 1.87. The molecule has 16 heavy (non-hydrogen) atoms. The zero-order valence-corrected chi connectivity index (χ0v) is 8.72. The number of carbonyl (C=O) groups excluding carboxylic acids is 1. The Bertz CT molecular complexity index is 388. The highest BCUT2D eigenvalue weighted by molar-refractivity contribution is 5.98. The Morgan fingerprint density at radius 2 is 2.50 bits per heavy atom. The number of aliphatic carboxylic acids is 1. The van der Waals surface area contributed by atoms with Crippen LogP contribution in [0.25, 0.3) is 0 Å². The van der Waals surface area contributed by atoms with Gasteiger partial charge >= 0.3 is 5.97 Å². The van der Waals surface area contributed by atoms with Gasteiger partial charge in [-0.2, -0.15) is 0 Å². The van der Waals surface area contributed by atoms with Gasteiger partial charge in [-0.3, -0.25) is 9.59 Å². The van der Waals surface area contributed by atoms with Crippen LogP contribution < -0.4 is 0 Å². The third-order valence-electron chi connectivity index (χ3n) is 2.80. The van der Waals surface area contributed by atoms with E-state index in [0.29, 0.717) is 25.9 Å². The third kappa shape index (κ3) is 2.05. The minimum absolute atomic E-state index is 0.271. The quantitative estimate of drug-likeness (QED) is 0.697. The van der Waals surface area contributed by atoms with E-state index in [1.54, 1.807) is 17.4 Å². The molecule has 0 spiro atoms. The molecule has 0 radical (unpaired) electrons. The average molecular weight is 223 g/mol. The lowest BCUT2D eigenvalue weighted by molar-refractivity contribution is -0.147. The predicted octanol–water partition coefficient (Wildman–Crippen LogP) is -0.115. The van der Waals surface area contributed by atoms with Crippen LogP contribution in [0.3, 0.4) is 0 Å². The molecule has 1 atom stereocenters. The Morgan fingerprint density at radius 3 is 3.06 bits per heavy atom. The van der Waals surface area contributed by atoms with Gasteiger partial charge in [0.25, 0.3) is 0 Å². The predicted molar refractivity (Wildman–Crippen MR) is 54.6 cm³/mol. The summed E-state index contributed by atoms with van der Waals surface area (Å²) in [5.74, 6) is -2.14. The topological polar surface area (TPSA) is 86.3 Å². The van der Waals surface area contributed by atoms with E-state index in [0.717, 1.165) is 5.69 Å². The summed E-state index contributed by atoms with van der Waals surface area (Å²) < 4.78 is 0. The Balaban J connectivity index is 1.88. The Hall–Kier alpha value is -1.85. The number of imidazole rings is 1. The van der Waals surface area contributed by atoms with Crippen LogP contribution in [0.15, 0.2) is 12.5 Å². The highest BCUT2D eigenvalue weighted by Gasteiger charge is 2.36. The summed E-state index contributed by atoms with van der Waals surface area (Å²) in [6, 6.07) is 0. The van der Waals surface area contributed by atoms with Crippen LogP contribution in [0.1, 0.15) is 12.1 Å². The van der Waals surface area contributed by atoms with E-state index in [1.165, 1.54) is 0 Å². The number of nitrogens with one attached hydrogen (secondary N) is 1. The molecule has 6 heteroatoms. The molecule has 0 aliphatic carbocycles. The summed E-state index contributed by atoms with van der Waals surface area (Å²) in [5, 5.41) is 8.79. The molecule has 1 amide bonds. The van der Waals surface area contributed by atoms with E-state index in [2.05, 4.69) is 9.97 Å². The molecule has 2 N–H and O–H groups in total. The van der Waals surface area contributed by atoms with E-state index in [-0.39, 0.29) is 5.91 Å². The number of hydrogen-bond donors (Lipinski definition) is 2. The molecule has 0 aromatic carbocycles. The highest BCUT2D eigenvalue weighted by atomic mass is 16.4. The second-order valence-corrected chi connectivity index (χ2v) is 3.83. The van der Waals surface area contributed by atoms with E-state index >= 15 is 0 Å². The summed E-state index contributed by atoms with van der Waals surface area (Å²) in [5.41, 5.74) is 0.951. The number of carbonyl (C=O) groups is 2. The number of carboxylic acid groups (broad SMARTS) is 1. The number of hydrogen-bond acceptors (Lipinski definition) is 3. The van der Waals surface area contributed by atoms with Crippen molar-refractivity contribution in [3.05, 3.63) is 18.2 Å². The van der Waals surface area contributed by atoms with E-state index < -0.39 is 11.9 Å². The number of aromatic nitrogens is 2. The van der Waals surface area contributed by atoms with Crippen molar-refractivity contribution in [2.24, 2.45) is 5.92 Å². The summed E-state index contributed by atoms with van der Waals surface area (Å²) >= 11 is 0. The molecule has 6 nitrogen and oxygen atoms in total. The van der Waals surface area contributed by atoms with Gasteiger partial charge in [-0.05, 0) is 6.42 Å². The fraction of sp³-hybridized carbons (Fsp3) is 0.500. The summed E-state index contributed by atoms with van der Waals surface area (Å²) in [7, 11) is 0. The molecular formula is C10H13N3O3. The minimum atomic E-state index is -1.02. The molecule has 1 fully saturated rings. The van der Waals surface area contributed by atoms with Gasteiger partial charge in [0, 0.05) is 31.4 Å². The van der Waals surface area contributed by atoms with E-state index in [1.807, 2.05) is 0 Å². The lowest BCUT2D eigenvalue weighted by Crippen LogP contribution is -2.31. The largest absolute Gasteiger partial charge is 0.481 e. The first-order valence-corrected chi connectivity index (χ1v) is 5.17. The maximum Gasteiger partial charge on any atom is 0.316 e. The number of likely N-dealkylation sites (tertiary alicyclic amines) is 1. The van der Waals surface area contributed by atoms with Crippen LogP contribution >= 0.6 is 0 Å². The van der Waals surface area contributed by atoms with Gasteiger partial charge in [0.15, 0.2) is 0 Å². The van der Waals surface area contributed by atoms with Gasteiger partial charge in [-0.1, -0.05) is 0 Å². The molecule has 0 bridgehead atoms. The van der Waals surface area contributed by atoms with Crippen molar-refractivity contribution >= 4 is 11.9 Å². The second kappa shape index (κ2) is 4.34. The molecule has 1 unspecified atom stereocenters. The van der Waals surface area contributed by atoms with Crippen LogP contribution in [0.2, 0.25) is 0 Å². The Kier molecular flexibility index (Phi) is 2.89. The van der Waals surface area contributed by atoms with Crippen molar-refractivity contribution in [2.75, 3.05) is 13.1 Å². The van der Waals surface area contributed by atoms with E-state index in [4.69, 9.17) is 5.11 Å². The summed E-state index contributed by atoms with van der Waals surface area (Å²) in [6.07, 6.45) is 4.38. The van der Waals surface area contributed by atoms with Crippen LogP contribution in [-0.4, -0.2) is 44.9 Å². The van der Waals surface area contributed by atoms with Crippen LogP contribution in [0.4, 0.5) is 0 Å². The number of rotatable bonds is 4. The lowest BCUT2D eigenvalue weighted by atomic mass is 10.1. The zero-order chi connectivity index (χ0) is 11.5. The van der Waals surface area contributed by atoms with Gasteiger partial charge in [-0.15, -0.1) is 0 Å². The molecule has 86 valence electrons. The van der Waals surface area contributed by atoms with Crippen molar-refractivity contribution in [3.63, 3.8) is 0 Å². The first-order chi connectivity index (χ1) is 7.68. The number of nitrogens with zero attached hydrogens (tertiary/aromatic N) is 2. The monoisotopic (exact) mass is 223 g/mol. The van der Waals surface area contributed by atoms with Gasteiger partial charge in [-0.25, -0.2) is 4.98 Å². The molecule has 0 saturated carbocycles. The molecular weight excluding hydrogens is 210 g/mol. The molecule has 2 rings (SSSR count). The fourth-order valence-electron chi connectivity index (χ4n) is 1.87. The lowest BCUT2D eigenvalue weighted by Gasteiger charge is -2.14. The first kappa shape index (κ1) is 10.7. The number of H-pyrrole nitrogens is 1. The van der Waals surface area contributed by atoms with Crippen molar-refractivity contribution in [1.82, 2.24) is 14.9 Å². The first-order valence-electron chi connectivity index (χ1n) is 5.17. The van der Waals surface area contributed by atoms with Gasteiger partial charge < -0.3 is 15.0 Å². The Labute approximate surface area is 92.3 Å². The average Bonchev–Trinajstić information content (AvgIpc) is 2.84. The van der Waals surface area contributed by atoms with Crippen LogP contribution in [0.5, 0.6) is 0 Å². The second-order valence-electron chi connectivity index (χ2n) is 3.83. The van der Waals surface area contributed by atoms with Crippen molar-refractivity contribution in [2.45, 2.75) is 12.8 Å². The molecule has 1 aliphatic heterocycles. The smallest absolute Gasteiger partial charge is 0.316 e. The normalized spacial score (nSPS) is 20.4. The minimum Gasteiger partial charge on any atom is -0.481 e. The van der Waals surface area contributed by atoms with Gasteiger partial charge in [0.1, 0.15) is 5.92 Å². The van der Waals surface area contributed by atoms with Crippen molar-refractivity contribution in [3.8, 4) is 0 Å². The number of aromatic amines is 1. The molecule has 1 saturated heterocycles. The maximum absolute atomic E-state index is 11.6. The standard InChI is InChI=1S/C10H13N3O3/c14-9-8(10(15)16)2-4-13(9)3-1-7-5-11-6-12-7/h5-6,8H,1-4H2,(H,11,12)(H,15,16). The molecule has 1 aliphatic rings. The van der Waals surface area contributed by atoms with Crippen molar-refractivity contribution in [1.29, 1.82) is 0 Å². The molecule has 1 aromatic heterocycles. The summed E-state index contributed by atoms with van der Waals surface area (Å²) in [4.78, 5) is 30.8. The molecule has 2 heterocycles. The van der Waals surface area contributed by atoms with Gasteiger partial charge in [0.05, 0.1) is 6.33 Å². The van der Waals surface area contributed by atoms with Crippen LogP contribution in [0, 0.1) is 5.92 Å². The summed E-state index contributed by atoms with van der Waals surface area (Å²) in [6.45, 7) is 1.08. The molecule has 1 aromatic rings. The zero-order valence-electron chi connectivity index (χ0n) is 8.72. The van der Waals surface area contributed by atoms with Crippen molar-refractivity contribution < 1.29 is 14.7 Å². The SMILES string of the molecule is O=C(O)C1CCN(CCc2cnc[nH]2)C1=O. The number of carboxylic acids is 1. The number of amides is 1. The Morgan fingerprint density at radius 1 is 1.69 bits per heavy atom. The van der Waals surface area contributed by atoms with Gasteiger partial charge in [0.2, 0.25) is 5.91 Å². The maximum atomic E-state index is 11.6. The highest BCUT2D eigenvalue weighted by Crippen LogP contribution is 2.18. The van der Waals surface area contributed by atoms with E-state index in [9.17, 15) is 9.59 Å². The third-order valence-corrected chi connectivity index (χ3v) is 2.80. The van der Waals surface area contributed by atoms with Crippen LogP contribution in [-0.2, 0) is 16.0 Å².